The van der Waals surface area contributed by atoms with Crippen LogP contribution >= 0.6 is 23.2 Å². The highest BCUT2D eigenvalue weighted by atomic mass is 35.5. The van der Waals surface area contributed by atoms with Gasteiger partial charge in [0.2, 0.25) is 0 Å². The Kier molecular flexibility index (Phi) is 3.15. The zero-order valence-electron chi connectivity index (χ0n) is 9.51. The highest BCUT2D eigenvalue weighted by Crippen LogP contribution is 2.24. The summed E-state index contributed by atoms with van der Waals surface area (Å²) in [7, 11) is 0. The van der Waals surface area contributed by atoms with Gasteiger partial charge in [0.05, 0.1) is 10.4 Å². The number of hydrogen-bond acceptors (Lipinski definition) is 5. The molecule has 0 radical (unpaired) electrons. The van der Waals surface area contributed by atoms with Crippen LogP contribution in [-0.4, -0.2) is 20.4 Å². The molecule has 0 amide bonds. The Labute approximate surface area is 118 Å². The fourth-order valence-corrected chi connectivity index (χ4v) is 1.90. The van der Waals surface area contributed by atoms with Crippen molar-refractivity contribution in [2.24, 2.45) is 0 Å². The SMILES string of the molecule is Clc1ccc(Nc2nnnc3ncc(Cl)cc23)cc1. The van der Waals surface area contributed by atoms with Gasteiger partial charge in [-0.3, -0.25) is 0 Å². The van der Waals surface area contributed by atoms with E-state index in [0.29, 0.717) is 26.9 Å². The molecule has 0 aliphatic heterocycles. The maximum absolute atomic E-state index is 5.93. The number of pyridine rings is 1. The van der Waals surface area contributed by atoms with Gasteiger partial charge in [-0.2, -0.15) is 0 Å². The molecule has 0 aliphatic carbocycles. The zero-order valence-corrected chi connectivity index (χ0v) is 11.0. The summed E-state index contributed by atoms with van der Waals surface area (Å²) in [4.78, 5) is 4.09. The third-order valence-corrected chi connectivity index (χ3v) is 2.94. The molecule has 19 heavy (non-hydrogen) atoms. The van der Waals surface area contributed by atoms with Crippen molar-refractivity contribution in [1.82, 2.24) is 20.4 Å². The van der Waals surface area contributed by atoms with Crippen molar-refractivity contribution in [3.05, 3.63) is 46.6 Å². The van der Waals surface area contributed by atoms with E-state index < -0.39 is 0 Å². The lowest BCUT2D eigenvalue weighted by Gasteiger charge is -2.06. The number of halogens is 2. The second-order valence-corrected chi connectivity index (χ2v) is 4.67. The molecule has 0 bridgehead atoms. The van der Waals surface area contributed by atoms with Crippen LogP contribution in [0, 0.1) is 0 Å². The molecule has 1 N–H and O–H groups in total. The number of nitrogens with one attached hydrogen (secondary N) is 1. The number of hydrogen-bond donors (Lipinski definition) is 1. The molecule has 3 aromatic rings. The summed E-state index contributed by atoms with van der Waals surface area (Å²) in [6.45, 7) is 0. The van der Waals surface area contributed by atoms with Crippen LogP contribution in [0.5, 0.6) is 0 Å². The minimum atomic E-state index is 0.482. The summed E-state index contributed by atoms with van der Waals surface area (Å²) in [5.41, 5.74) is 1.32. The summed E-state index contributed by atoms with van der Waals surface area (Å²) in [5.74, 6) is 0.544. The lowest BCUT2D eigenvalue weighted by molar-refractivity contribution is 0.891. The highest BCUT2D eigenvalue weighted by Gasteiger charge is 2.07. The summed E-state index contributed by atoms with van der Waals surface area (Å²) in [5, 5.41) is 16.5. The molecule has 2 heterocycles. The van der Waals surface area contributed by atoms with Crippen molar-refractivity contribution in [3.8, 4) is 0 Å². The van der Waals surface area contributed by atoms with Gasteiger partial charge in [-0.25, -0.2) is 4.98 Å². The Morgan fingerprint density at radius 3 is 2.53 bits per heavy atom. The van der Waals surface area contributed by atoms with Gasteiger partial charge in [0, 0.05) is 16.9 Å². The fourth-order valence-electron chi connectivity index (χ4n) is 1.61. The summed E-state index contributed by atoms with van der Waals surface area (Å²) in [6.07, 6.45) is 1.52. The first kappa shape index (κ1) is 12.1. The lowest BCUT2D eigenvalue weighted by atomic mass is 10.3. The topological polar surface area (TPSA) is 63.6 Å². The Morgan fingerprint density at radius 2 is 1.74 bits per heavy atom. The number of nitrogens with zero attached hydrogens (tertiary/aromatic N) is 4. The first-order chi connectivity index (χ1) is 9.22. The first-order valence-corrected chi connectivity index (χ1v) is 6.15. The van der Waals surface area contributed by atoms with E-state index in [0.717, 1.165) is 5.69 Å². The molecule has 5 nitrogen and oxygen atoms in total. The van der Waals surface area contributed by atoms with E-state index in [1.54, 1.807) is 18.2 Å². The van der Waals surface area contributed by atoms with Crippen molar-refractivity contribution in [1.29, 1.82) is 0 Å². The molecular formula is C12H7Cl2N5. The summed E-state index contributed by atoms with van der Waals surface area (Å²) < 4.78 is 0. The van der Waals surface area contributed by atoms with E-state index in [-0.39, 0.29) is 0 Å². The molecule has 0 saturated heterocycles. The van der Waals surface area contributed by atoms with Gasteiger partial charge in [-0.05, 0) is 35.5 Å². The molecule has 1 aromatic carbocycles. The third kappa shape index (κ3) is 2.57. The van der Waals surface area contributed by atoms with Gasteiger partial charge < -0.3 is 5.32 Å². The van der Waals surface area contributed by atoms with Crippen molar-refractivity contribution >= 4 is 45.7 Å². The molecule has 2 aromatic heterocycles. The standard InChI is InChI=1S/C12H7Cl2N5/c13-7-1-3-9(4-2-7)16-12-10-5-8(14)6-15-11(10)17-19-18-12/h1-6H,(H,15,16,17,18). The van der Waals surface area contributed by atoms with Crippen LogP contribution in [0.4, 0.5) is 11.5 Å². The number of anilines is 2. The molecule has 0 aliphatic rings. The number of rotatable bonds is 2. The molecular weight excluding hydrogens is 285 g/mol. The van der Waals surface area contributed by atoms with Gasteiger partial charge in [0.25, 0.3) is 0 Å². The van der Waals surface area contributed by atoms with E-state index in [2.05, 4.69) is 25.7 Å². The highest BCUT2D eigenvalue weighted by molar-refractivity contribution is 6.31. The fraction of sp³-hybridized carbons (Fsp3) is 0. The van der Waals surface area contributed by atoms with Gasteiger partial charge in [-0.15, -0.1) is 10.2 Å². The van der Waals surface area contributed by atoms with E-state index in [9.17, 15) is 0 Å². The van der Waals surface area contributed by atoms with Crippen molar-refractivity contribution in [3.63, 3.8) is 0 Å². The van der Waals surface area contributed by atoms with E-state index in [4.69, 9.17) is 23.2 Å². The second kappa shape index (κ2) is 4.95. The van der Waals surface area contributed by atoms with E-state index in [1.165, 1.54) is 6.20 Å². The van der Waals surface area contributed by atoms with Crippen LogP contribution in [0.3, 0.4) is 0 Å². The van der Waals surface area contributed by atoms with E-state index in [1.807, 2.05) is 12.1 Å². The Balaban J connectivity index is 2.05. The minimum Gasteiger partial charge on any atom is -0.338 e. The van der Waals surface area contributed by atoms with Crippen molar-refractivity contribution < 1.29 is 0 Å². The molecule has 3 rings (SSSR count). The average molecular weight is 292 g/mol. The van der Waals surface area contributed by atoms with Crippen molar-refractivity contribution in [2.45, 2.75) is 0 Å². The van der Waals surface area contributed by atoms with Gasteiger partial charge in [0.15, 0.2) is 11.5 Å². The smallest absolute Gasteiger partial charge is 0.187 e. The Morgan fingerprint density at radius 1 is 0.947 bits per heavy atom. The first-order valence-electron chi connectivity index (χ1n) is 5.39. The third-order valence-electron chi connectivity index (χ3n) is 2.48. The average Bonchev–Trinajstić information content (AvgIpc) is 2.42. The summed E-state index contributed by atoms with van der Waals surface area (Å²) >= 11 is 11.8. The molecule has 0 unspecified atom stereocenters. The number of aromatic nitrogens is 4. The largest absolute Gasteiger partial charge is 0.338 e. The molecule has 94 valence electrons. The van der Waals surface area contributed by atoms with Crippen LogP contribution in [-0.2, 0) is 0 Å². The summed E-state index contributed by atoms with van der Waals surface area (Å²) in [6, 6.07) is 8.99. The number of fused-ring (bicyclic) bond motifs is 1. The van der Waals surface area contributed by atoms with E-state index >= 15 is 0 Å². The second-order valence-electron chi connectivity index (χ2n) is 3.79. The maximum Gasteiger partial charge on any atom is 0.187 e. The Bertz CT molecular complexity index is 730. The normalized spacial score (nSPS) is 10.6. The van der Waals surface area contributed by atoms with Crippen LogP contribution in [0.25, 0.3) is 11.0 Å². The van der Waals surface area contributed by atoms with Gasteiger partial charge in [-0.1, -0.05) is 23.2 Å². The number of benzene rings is 1. The Hall–Kier alpha value is -1.98. The molecule has 0 saturated carbocycles. The molecule has 0 atom stereocenters. The van der Waals surface area contributed by atoms with Crippen molar-refractivity contribution in [2.75, 3.05) is 5.32 Å². The van der Waals surface area contributed by atoms with Crippen LogP contribution in [0.15, 0.2) is 36.5 Å². The van der Waals surface area contributed by atoms with Gasteiger partial charge in [0.1, 0.15) is 0 Å². The van der Waals surface area contributed by atoms with Crippen LogP contribution in [0.1, 0.15) is 0 Å². The van der Waals surface area contributed by atoms with Gasteiger partial charge >= 0.3 is 0 Å². The lowest BCUT2D eigenvalue weighted by Crippen LogP contribution is -1.99. The zero-order chi connectivity index (χ0) is 13.2. The minimum absolute atomic E-state index is 0.482. The van der Waals surface area contributed by atoms with Crippen LogP contribution < -0.4 is 5.32 Å². The molecule has 0 fully saturated rings. The predicted molar refractivity (Wildman–Crippen MR) is 74.9 cm³/mol. The maximum atomic E-state index is 5.93. The van der Waals surface area contributed by atoms with Crippen LogP contribution in [0.2, 0.25) is 10.0 Å². The quantitative estimate of drug-likeness (QED) is 0.783. The molecule has 0 spiro atoms. The molecule has 7 heteroatoms. The predicted octanol–water partition coefficient (Wildman–Crippen LogP) is 3.47. The monoisotopic (exact) mass is 291 g/mol.